The molecule has 0 amide bonds. The number of anilines is 1. The zero-order valence-corrected chi connectivity index (χ0v) is 13.8. The Morgan fingerprint density at radius 1 is 1.12 bits per heavy atom. The second-order valence-corrected chi connectivity index (χ2v) is 5.95. The lowest BCUT2D eigenvalue weighted by atomic mass is 10.2. The van der Waals surface area contributed by atoms with Crippen LogP contribution in [0.15, 0.2) is 30.7 Å². The van der Waals surface area contributed by atoms with Crippen molar-refractivity contribution >= 4 is 16.9 Å². The molecule has 4 rings (SSSR count). The van der Waals surface area contributed by atoms with Crippen LogP contribution >= 0.6 is 0 Å². The third-order valence-electron chi connectivity index (χ3n) is 4.37. The Bertz CT molecular complexity index is 836. The van der Waals surface area contributed by atoms with E-state index in [1.807, 2.05) is 23.0 Å². The normalized spacial score (nSPS) is 15.1. The minimum Gasteiger partial charge on any atom is -0.353 e. The van der Waals surface area contributed by atoms with Gasteiger partial charge in [0, 0.05) is 31.9 Å². The Balaban J connectivity index is 1.67. The van der Waals surface area contributed by atoms with E-state index < -0.39 is 0 Å². The first kappa shape index (κ1) is 15.0. The quantitative estimate of drug-likeness (QED) is 0.779. The van der Waals surface area contributed by atoms with Gasteiger partial charge in [-0.2, -0.15) is 5.10 Å². The lowest BCUT2D eigenvalue weighted by Crippen LogP contribution is -2.44. The Labute approximate surface area is 140 Å². The first-order valence-corrected chi connectivity index (χ1v) is 8.42. The van der Waals surface area contributed by atoms with Crippen LogP contribution in [-0.2, 0) is 13.0 Å². The average Bonchev–Trinajstić information content (AvgIpc) is 3.05. The van der Waals surface area contributed by atoms with Crippen LogP contribution in [0.1, 0.15) is 18.3 Å². The van der Waals surface area contributed by atoms with Gasteiger partial charge in [-0.05, 0) is 18.6 Å². The SMILES string of the molecule is CCc1cccc(Cn2ncc3c(N4CCNCC4)ncnc32)n1. The standard InChI is InChI=1S/C17H21N7/c1-2-13-4-3-5-14(22-13)11-24-17-15(10-21-24)16(19-12-20-17)23-8-6-18-7-9-23/h3-5,10,12,18H,2,6-9,11H2,1H3. The van der Waals surface area contributed by atoms with E-state index in [0.29, 0.717) is 6.54 Å². The number of hydrogen-bond acceptors (Lipinski definition) is 6. The van der Waals surface area contributed by atoms with Crippen molar-refractivity contribution in [2.75, 3.05) is 31.1 Å². The monoisotopic (exact) mass is 323 g/mol. The molecule has 7 nitrogen and oxygen atoms in total. The fourth-order valence-corrected chi connectivity index (χ4v) is 3.09. The van der Waals surface area contributed by atoms with Gasteiger partial charge >= 0.3 is 0 Å². The molecule has 4 heterocycles. The maximum atomic E-state index is 4.66. The first-order chi connectivity index (χ1) is 11.8. The summed E-state index contributed by atoms with van der Waals surface area (Å²) in [5, 5.41) is 8.91. The molecule has 0 atom stereocenters. The molecule has 1 saturated heterocycles. The van der Waals surface area contributed by atoms with Crippen LogP contribution in [0, 0.1) is 0 Å². The number of aromatic nitrogens is 5. The number of rotatable bonds is 4. The average molecular weight is 323 g/mol. The van der Waals surface area contributed by atoms with Gasteiger partial charge in [-0.15, -0.1) is 0 Å². The van der Waals surface area contributed by atoms with Gasteiger partial charge in [-0.3, -0.25) is 4.98 Å². The van der Waals surface area contributed by atoms with Crippen molar-refractivity contribution in [2.24, 2.45) is 0 Å². The van der Waals surface area contributed by atoms with Crippen molar-refractivity contribution in [1.29, 1.82) is 0 Å². The Morgan fingerprint density at radius 2 is 1.96 bits per heavy atom. The van der Waals surface area contributed by atoms with E-state index in [1.54, 1.807) is 6.33 Å². The molecule has 0 aliphatic carbocycles. The fourth-order valence-electron chi connectivity index (χ4n) is 3.09. The van der Waals surface area contributed by atoms with Crippen molar-refractivity contribution < 1.29 is 0 Å². The number of pyridine rings is 1. The molecule has 1 aliphatic rings. The zero-order valence-electron chi connectivity index (χ0n) is 13.8. The fraction of sp³-hybridized carbons (Fsp3) is 0.412. The topological polar surface area (TPSA) is 71.8 Å². The highest BCUT2D eigenvalue weighted by molar-refractivity contribution is 5.86. The van der Waals surface area contributed by atoms with Gasteiger partial charge in [0.25, 0.3) is 0 Å². The van der Waals surface area contributed by atoms with Crippen molar-refractivity contribution in [2.45, 2.75) is 19.9 Å². The molecule has 1 fully saturated rings. The van der Waals surface area contributed by atoms with E-state index in [1.165, 1.54) is 0 Å². The highest BCUT2D eigenvalue weighted by Crippen LogP contribution is 2.23. The predicted octanol–water partition coefficient (Wildman–Crippen LogP) is 1.24. The molecule has 0 radical (unpaired) electrons. The molecule has 7 heteroatoms. The van der Waals surface area contributed by atoms with Crippen LogP contribution in [0.5, 0.6) is 0 Å². The number of nitrogens with zero attached hydrogens (tertiary/aromatic N) is 6. The van der Waals surface area contributed by atoms with E-state index in [4.69, 9.17) is 0 Å². The molecule has 1 N–H and O–H groups in total. The van der Waals surface area contributed by atoms with Crippen LogP contribution in [-0.4, -0.2) is 50.9 Å². The van der Waals surface area contributed by atoms with E-state index >= 15 is 0 Å². The largest absolute Gasteiger partial charge is 0.353 e. The number of nitrogens with one attached hydrogen (secondary N) is 1. The van der Waals surface area contributed by atoms with Crippen LogP contribution in [0.3, 0.4) is 0 Å². The zero-order chi connectivity index (χ0) is 16.4. The van der Waals surface area contributed by atoms with Crippen LogP contribution in [0.25, 0.3) is 11.0 Å². The minimum absolute atomic E-state index is 0.620. The first-order valence-electron chi connectivity index (χ1n) is 8.42. The Morgan fingerprint density at radius 3 is 2.79 bits per heavy atom. The lowest BCUT2D eigenvalue weighted by molar-refractivity contribution is 0.586. The maximum absolute atomic E-state index is 4.66. The molecular weight excluding hydrogens is 302 g/mol. The highest BCUT2D eigenvalue weighted by Gasteiger charge is 2.17. The van der Waals surface area contributed by atoms with Crippen LogP contribution < -0.4 is 10.2 Å². The van der Waals surface area contributed by atoms with Crippen LogP contribution in [0.2, 0.25) is 0 Å². The minimum atomic E-state index is 0.620. The summed E-state index contributed by atoms with van der Waals surface area (Å²) in [6, 6.07) is 6.13. The molecule has 0 unspecified atom stereocenters. The lowest BCUT2D eigenvalue weighted by Gasteiger charge is -2.28. The number of fused-ring (bicyclic) bond motifs is 1. The van der Waals surface area contributed by atoms with Crippen molar-refractivity contribution in [3.63, 3.8) is 0 Å². The van der Waals surface area contributed by atoms with E-state index in [-0.39, 0.29) is 0 Å². The highest BCUT2D eigenvalue weighted by atomic mass is 15.3. The third kappa shape index (κ3) is 2.82. The summed E-state index contributed by atoms with van der Waals surface area (Å²) in [4.78, 5) is 15.9. The van der Waals surface area contributed by atoms with Gasteiger partial charge < -0.3 is 10.2 Å². The predicted molar refractivity (Wildman–Crippen MR) is 93.1 cm³/mol. The summed E-state index contributed by atoms with van der Waals surface area (Å²) in [6.45, 7) is 6.60. The summed E-state index contributed by atoms with van der Waals surface area (Å²) in [5.41, 5.74) is 2.96. The Hall–Kier alpha value is -2.54. The van der Waals surface area contributed by atoms with E-state index in [9.17, 15) is 0 Å². The van der Waals surface area contributed by atoms with E-state index in [0.717, 1.165) is 60.8 Å². The molecule has 24 heavy (non-hydrogen) atoms. The number of hydrogen-bond donors (Lipinski definition) is 1. The van der Waals surface area contributed by atoms with Gasteiger partial charge in [0.2, 0.25) is 0 Å². The van der Waals surface area contributed by atoms with Crippen LogP contribution in [0.4, 0.5) is 5.82 Å². The third-order valence-corrected chi connectivity index (χ3v) is 4.37. The van der Waals surface area contributed by atoms with Gasteiger partial charge in [0.15, 0.2) is 5.65 Å². The molecule has 0 saturated carbocycles. The molecule has 3 aromatic heterocycles. The summed E-state index contributed by atoms with van der Waals surface area (Å²) in [6.07, 6.45) is 4.44. The number of piperazine rings is 1. The molecule has 1 aliphatic heterocycles. The molecule has 0 aromatic carbocycles. The second kappa shape index (κ2) is 6.52. The smallest absolute Gasteiger partial charge is 0.163 e. The second-order valence-electron chi connectivity index (χ2n) is 5.95. The molecule has 0 spiro atoms. The molecular formula is C17H21N7. The van der Waals surface area contributed by atoms with Crippen molar-refractivity contribution in [3.05, 3.63) is 42.1 Å². The summed E-state index contributed by atoms with van der Waals surface area (Å²) in [7, 11) is 0. The molecule has 0 bridgehead atoms. The van der Waals surface area contributed by atoms with Gasteiger partial charge in [-0.1, -0.05) is 13.0 Å². The van der Waals surface area contributed by atoms with Gasteiger partial charge in [-0.25, -0.2) is 14.6 Å². The van der Waals surface area contributed by atoms with Gasteiger partial charge in [0.1, 0.15) is 12.1 Å². The van der Waals surface area contributed by atoms with Gasteiger partial charge in [0.05, 0.1) is 23.8 Å². The summed E-state index contributed by atoms with van der Waals surface area (Å²) in [5.74, 6) is 0.975. The van der Waals surface area contributed by atoms with Crippen molar-refractivity contribution in [3.8, 4) is 0 Å². The maximum Gasteiger partial charge on any atom is 0.163 e. The van der Waals surface area contributed by atoms with Crippen molar-refractivity contribution in [1.82, 2.24) is 30.0 Å². The molecule has 3 aromatic rings. The Kier molecular flexibility index (Phi) is 4.08. The number of aryl methyl sites for hydroxylation is 1. The molecule has 124 valence electrons. The van der Waals surface area contributed by atoms with E-state index in [2.05, 4.69) is 43.3 Å². The summed E-state index contributed by atoms with van der Waals surface area (Å²) >= 11 is 0. The summed E-state index contributed by atoms with van der Waals surface area (Å²) < 4.78 is 1.91.